The normalized spacial score (nSPS) is 10.4. The monoisotopic (exact) mass is 333 g/mol. The van der Waals surface area contributed by atoms with Gasteiger partial charge >= 0.3 is 5.69 Å². The topological polar surface area (TPSA) is 122 Å². The van der Waals surface area contributed by atoms with Crippen LogP contribution in [0.1, 0.15) is 23.0 Å². The smallest absolute Gasteiger partial charge is 0.333 e. The lowest BCUT2D eigenvalue weighted by Gasteiger charge is -2.08. The number of hydrogen-bond acceptors (Lipinski definition) is 6. The van der Waals surface area contributed by atoms with Gasteiger partial charge in [-0.25, -0.2) is 4.68 Å². The maximum Gasteiger partial charge on any atom is 0.333 e. The first kappa shape index (κ1) is 17.3. The standard InChI is InChI=1S/C15H19N5O4/c1-3-12-13(20(23)24)14(19(2)18-12)16-8-9-17-15(22)10-4-6-11(21)7-5-10/h4-7,16,21H,3,8-9H2,1-2H3,(H,17,22). The van der Waals surface area contributed by atoms with Crippen molar-refractivity contribution in [3.05, 3.63) is 45.6 Å². The number of phenols is 1. The van der Waals surface area contributed by atoms with Crippen molar-refractivity contribution >= 4 is 17.4 Å². The number of anilines is 1. The number of hydrogen-bond donors (Lipinski definition) is 3. The van der Waals surface area contributed by atoms with Crippen molar-refractivity contribution in [3.63, 3.8) is 0 Å². The van der Waals surface area contributed by atoms with Crippen molar-refractivity contribution in [3.8, 4) is 5.75 Å². The van der Waals surface area contributed by atoms with Gasteiger partial charge in [0.2, 0.25) is 5.82 Å². The number of carbonyl (C=O) groups is 1. The Labute approximate surface area is 138 Å². The van der Waals surface area contributed by atoms with Crippen LogP contribution in [0.4, 0.5) is 11.5 Å². The highest BCUT2D eigenvalue weighted by molar-refractivity contribution is 5.94. The summed E-state index contributed by atoms with van der Waals surface area (Å²) in [7, 11) is 1.63. The van der Waals surface area contributed by atoms with E-state index >= 15 is 0 Å². The van der Waals surface area contributed by atoms with Crippen molar-refractivity contribution in [1.82, 2.24) is 15.1 Å². The van der Waals surface area contributed by atoms with E-state index in [1.54, 1.807) is 14.0 Å². The molecule has 0 aliphatic rings. The number of nitrogens with one attached hydrogen (secondary N) is 2. The zero-order valence-electron chi connectivity index (χ0n) is 13.4. The Kier molecular flexibility index (Phi) is 5.35. The summed E-state index contributed by atoms with van der Waals surface area (Å²) in [6, 6.07) is 5.88. The second kappa shape index (κ2) is 7.44. The molecule has 0 fully saturated rings. The van der Waals surface area contributed by atoms with Crippen LogP contribution in [0.5, 0.6) is 5.75 Å². The molecule has 0 radical (unpaired) electrons. The minimum Gasteiger partial charge on any atom is -0.508 e. The van der Waals surface area contributed by atoms with Gasteiger partial charge in [-0.2, -0.15) is 5.10 Å². The minimum atomic E-state index is -0.455. The lowest BCUT2D eigenvalue weighted by Crippen LogP contribution is -2.29. The summed E-state index contributed by atoms with van der Waals surface area (Å²) < 4.78 is 1.43. The van der Waals surface area contributed by atoms with Gasteiger partial charge in [-0.1, -0.05) is 6.92 Å². The van der Waals surface area contributed by atoms with Crippen LogP contribution in [0.2, 0.25) is 0 Å². The first-order valence-corrected chi connectivity index (χ1v) is 7.45. The number of carbonyl (C=O) groups excluding carboxylic acids is 1. The maximum absolute atomic E-state index is 11.9. The third kappa shape index (κ3) is 3.80. The molecular formula is C15H19N5O4. The Morgan fingerprint density at radius 2 is 2.00 bits per heavy atom. The molecule has 1 aromatic heterocycles. The molecule has 0 aliphatic carbocycles. The van der Waals surface area contributed by atoms with Crippen molar-refractivity contribution in [1.29, 1.82) is 0 Å². The zero-order chi connectivity index (χ0) is 17.7. The summed E-state index contributed by atoms with van der Waals surface area (Å²) in [5.41, 5.74) is 0.801. The van der Waals surface area contributed by atoms with Crippen LogP contribution in [-0.4, -0.2) is 38.8 Å². The molecule has 9 nitrogen and oxygen atoms in total. The zero-order valence-corrected chi connectivity index (χ0v) is 13.4. The molecule has 9 heteroatoms. The van der Waals surface area contributed by atoms with Crippen LogP contribution in [-0.2, 0) is 13.5 Å². The van der Waals surface area contributed by atoms with Gasteiger partial charge in [0.1, 0.15) is 11.4 Å². The molecular weight excluding hydrogens is 314 g/mol. The Bertz CT molecular complexity index is 739. The van der Waals surface area contributed by atoms with E-state index in [1.807, 2.05) is 0 Å². The lowest BCUT2D eigenvalue weighted by atomic mass is 10.2. The van der Waals surface area contributed by atoms with Crippen molar-refractivity contribution < 1.29 is 14.8 Å². The molecule has 0 saturated heterocycles. The summed E-state index contributed by atoms with van der Waals surface area (Å²) >= 11 is 0. The van der Waals surface area contributed by atoms with E-state index in [0.717, 1.165) is 0 Å². The van der Waals surface area contributed by atoms with Gasteiger partial charge in [0.05, 0.1) is 4.92 Å². The molecule has 1 amide bonds. The van der Waals surface area contributed by atoms with Gasteiger partial charge in [0.25, 0.3) is 5.91 Å². The average molecular weight is 333 g/mol. The van der Waals surface area contributed by atoms with E-state index < -0.39 is 4.92 Å². The Balaban J connectivity index is 1.93. The van der Waals surface area contributed by atoms with Crippen LogP contribution in [0.3, 0.4) is 0 Å². The van der Waals surface area contributed by atoms with E-state index in [-0.39, 0.29) is 23.9 Å². The summed E-state index contributed by atoms with van der Waals surface area (Å²) in [4.78, 5) is 22.6. The quantitative estimate of drug-likeness (QED) is 0.400. The lowest BCUT2D eigenvalue weighted by molar-refractivity contribution is -0.384. The number of nitrogens with zero attached hydrogens (tertiary/aromatic N) is 3. The summed E-state index contributed by atoms with van der Waals surface area (Å²) in [5.74, 6) is 0.116. The number of phenolic OH excluding ortho intramolecular Hbond substituents is 1. The van der Waals surface area contributed by atoms with Crippen LogP contribution in [0, 0.1) is 10.1 Å². The number of amides is 1. The summed E-state index contributed by atoms with van der Waals surface area (Å²) in [6.07, 6.45) is 0.462. The SMILES string of the molecule is CCc1nn(C)c(NCCNC(=O)c2ccc(O)cc2)c1[N+](=O)[O-]. The molecule has 0 bridgehead atoms. The molecule has 24 heavy (non-hydrogen) atoms. The van der Waals surface area contributed by atoms with Crippen LogP contribution < -0.4 is 10.6 Å². The Morgan fingerprint density at radius 1 is 1.33 bits per heavy atom. The summed E-state index contributed by atoms with van der Waals surface area (Å²) in [6.45, 7) is 2.40. The third-order valence-corrected chi connectivity index (χ3v) is 3.44. The van der Waals surface area contributed by atoms with Crippen LogP contribution in [0.25, 0.3) is 0 Å². The molecule has 2 aromatic rings. The van der Waals surface area contributed by atoms with Crippen molar-refractivity contribution in [2.75, 3.05) is 18.4 Å². The number of aryl methyl sites for hydroxylation is 2. The number of aromatic nitrogens is 2. The van der Waals surface area contributed by atoms with Gasteiger partial charge in [0.15, 0.2) is 0 Å². The Hall–Kier alpha value is -3.10. The highest BCUT2D eigenvalue weighted by Gasteiger charge is 2.25. The molecule has 0 spiro atoms. The highest BCUT2D eigenvalue weighted by Crippen LogP contribution is 2.27. The van der Waals surface area contributed by atoms with E-state index in [0.29, 0.717) is 30.0 Å². The van der Waals surface area contributed by atoms with E-state index in [1.165, 1.54) is 28.9 Å². The highest BCUT2D eigenvalue weighted by atomic mass is 16.6. The number of benzene rings is 1. The molecule has 3 N–H and O–H groups in total. The predicted octanol–water partition coefficient (Wildman–Crippen LogP) is 1.44. The predicted molar refractivity (Wildman–Crippen MR) is 88.2 cm³/mol. The third-order valence-electron chi connectivity index (χ3n) is 3.44. The van der Waals surface area contributed by atoms with Crippen molar-refractivity contribution in [2.45, 2.75) is 13.3 Å². The molecule has 0 atom stereocenters. The van der Waals surface area contributed by atoms with E-state index in [2.05, 4.69) is 15.7 Å². The fourth-order valence-electron chi connectivity index (χ4n) is 2.27. The molecule has 2 rings (SSSR count). The fraction of sp³-hybridized carbons (Fsp3) is 0.333. The van der Waals surface area contributed by atoms with E-state index in [9.17, 15) is 20.0 Å². The van der Waals surface area contributed by atoms with Gasteiger partial charge in [-0.05, 0) is 30.7 Å². The van der Waals surface area contributed by atoms with Crippen molar-refractivity contribution in [2.24, 2.45) is 7.05 Å². The van der Waals surface area contributed by atoms with Crippen LogP contribution in [0.15, 0.2) is 24.3 Å². The number of rotatable bonds is 7. The Morgan fingerprint density at radius 3 is 2.58 bits per heavy atom. The van der Waals surface area contributed by atoms with Crippen LogP contribution >= 0.6 is 0 Å². The second-order valence-corrected chi connectivity index (χ2v) is 5.11. The molecule has 0 saturated carbocycles. The first-order valence-electron chi connectivity index (χ1n) is 7.45. The maximum atomic E-state index is 11.9. The first-order chi connectivity index (χ1) is 11.4. The van der Waals surface area contributed by atoms with Gasteiger partial charge in [0, 0.05) is 25.7 Å². The number of aromatic hydroxyl groups is 1. The largest absolute Gasteiger partial charge is 0.508 e. The van der Waals surface area contributed by atoms with Gasteiger partial charge in [-0.15, -0.1) is 0 Å². The van der Waals surface area contributed by atoms with Gasteiger partial charge in [-0.3, -0.25) is 14.9 Å². The molecule has 0 unspecified atom stereocenters. The molecule has 1 aromatic carbocycles. The fourth-order valence-corrected chi connectivity index (χ4v) is 2.27. The molecule has 1 heterocycles. The second-order valence-electron chi connectivity index (χ2n) is 5.11. The van der Waals surface area contributed by atoms with Gasteiger partial charge < -0.3 is 15.7 Å². The molecule has 0 aliphatic heterocycles. The summed E-state index contributed by atoms with van der Waals surface area (Å²) in [5, 5.41) is 30.1. The van der Waals surface area contributed by atoms with E-state index in [4.69, 9.17) is 0 Å². The average Bonchev–Trinajstić information content (AvgIpc) is 2.88. The number of nitro groups is 1. The molecule has 128 valence electrons. The minimum absolute atomic E-state index is 0.0372.